The van der Waals surface area contributed by atoms with E-state index in [1.165, 1.54) is 12.7 Å². The number of hydrogen-bond acceptors (Lipinski definition) is 9. The predicted molar refractivity (Wildman–Crippen MR) is 220 cm³/mol. The average Bonchev–Trinajstić information content (AvgIpc) is 4.13. The molecule has 3 fully saturated rings. The van der Waals surface area contributed by atoms with Gasteiger partial charge in [-0.25, -0.2) is 9.97 Å². The normalized spacial score (nSPS) is 23.3. The number of benzene rings is 2. The van der Waals surface area contributed by atoms with E-state index in [0.717, 1.165) is 83.6 Å². The number of likely N-dealkylation sites (tertiary alicyclic amines) is 1. The van der Waals surface area contributed by atoms with Gasteiger partial charge < -0.3 is 29.4 Å². The lowest BCUT2D eigenvalue weighted by atomic mass is 9.75. The minimum absolute atomic E-state index is 0.0338. The van der Waals surface area contributed by atoms with Gasteiger partial charge in [0.2, 0.25) is 17.7 Å². The number of nitrogens with one attached hydrogen (secondary N) is 2. The van der Waals surface area contributed by atoms with Crippen LogP contribution in [0.4, 0.5) is 0 Å². The van der Waals surface area contributed by atoms with Crippen LogP contribution in [-0.2, 0) is 30.4 Å². The van der Waals surface area contributed by atoms with Crippen LogP contribution in [0.15, 0.2) is 84.2 Å². The minimum atomic E-state index is -0.635. The van der Waals surface area contributed by atoms with E-state index >= 15 is 0 Å². The quantitative estimate of drug-likeness (QED) is 0.128. The first kappa shape index (κ1) is 39.2. The Morgan fingerprint density at radius 3 is 2.36 bits per heavy atom. The second-order valence-electron chi connectivity index (χ2n) is 16.1. The maximum absolute atomic E-state index is 13.7. The molecule has 2 aliphatic heterocycles. The number of imidazole rings is 1. The molecule has 4 aromatic rings. The Kier molecular flexibility index (Phi) is 11.5. The van der Waals surface area contributed by atoms with Crippen LogP contribution in [0, 0.1) is 29.6 Å². The number of rotatable bonds is 14. The summed E-state index contributed by atoms with van der Waals surface area (Å²) in [5, 5.41) is 3.20. The highest BCUT2D eigenvalue weighted by Gasteiger charge is 2.52. The molecule has 2 aliphatic carbocycles. The lowest BCUT2D eigenvalue weighted by molar-refractivity contribution is -0.151. The van der Waals surface area contributed by atoms with Crippen LogP contribution in [0.25, 0.3) is 28.0 Å². The number of fused-ring (bicyclic) bond motifs is 2. The van der Waals surface area contributed by atoms with Crippen LogP contribution in [0.2, 0.25) is 0 Å². The molecule has 2 saturated carbocycles. The SMILES string of the molecule is COC(=O)C[C@H](C(=O)N1CCC[C@H]1c1ncc(-c2ccc(-c3ccc(C4=CN=C([C@H]5C6CCC(C6)[C@@H]5C(=O)NCc5cccnc5OC)C4)cc3)cc2)[nH]1)[C@@H](C)OC. The fourth-order valence-corrected chi connectivity index (χ4v) is 9.80. The molecule has 2 amide bonds. The van der Waals surface area contributed by atoms with Gasteiger partial charge in [-0.2, -0.15) is 0 Å². The number of H-pyrrole nitrogens is 1. The van der Waals surface area contributed by atoms with Crippen molar-refractivity contribution in [1.29, 1.82) is 0 Å². The lowest BCUT2D eigenvalue weighted by Crippen LogP contribution is -2.41. The number of carbonyl (C=O) groups excluding carboxylic acids is 3. The molecule has 2 aromatic heterocycles. The number of amides is 2. The Morgan fingerprint density at radius 1 is 0.914 bits per heavy atom. The number of esters is 1. The monoisotopic (exact) mass is 784 g/mol. The largest absolute Gasteiger partial charge is 0.481 e. The van der Waals surface area contributed by atoms with E-state index in [1.54, 1.807) is 27.3 Å². The summed E-state index contributed by atoms with van der Waals surface area (Å²) in [6.07, 6.45) is 10.8. The standard InChI is InChI=1S/C46H52N6O6/c1-27(56-2)36(23-40(53)57-3)46(55)52-20-6-8-39(52)43-49-26-38(51-43)31-15-13-29(14-16-31)28-9-11-30(12-10-28)35-22-37(48-25-35)41-32-17-18-33(21-32)42(41)44(54)50-24-34-7-5-19-47-45(34)58-4/h5,7,9-16,19,25-27,32-33,36,39,41-42H,6,8,17-18,20-24H2,1-4H3,(H,49,51)(H,50,54)/t27-,32?,33?,36+,39+,41-,42+/m1/s1. The van der Waals surface area contributed by atoms with Crippen molar-refractivity contribution in [3.8, 4) is 28.3 Å². The van der Waals surface area contributed by atoms with E-state index in [4.69, 9.17) is 24.2 Å². The van der Waals surface area contributed by atoms with Crippen LogP contribution in [0.3, 0.4) is 0 Å². The van der Waals surface area contributed by atoms with E-state index in [9.17, 15) is 14.4 Å². The summed E-state index contributed by atoms with van der Waals surface area (Å²) in [4.78, 5) is 58.8. The summed E-state index contributed by atoms with van der Waals surface area (Å²) >= 11 is 0. The number of allylic oxidation sites excluding steroid dienone is 1. The fraction of sp³-hybridized carbons (Fsp3) is 0.435. The molecule has 12 heteroatoms. The summed E-state index contributed by atoms with van der Waals surface area (Å²) in [5.41, 5.74) is 8.42. The van der Waals surface area contributed by atoms with Crippen molar-refractivity contribution in [2.24, 2.45) is 34.6 Å². The zero-order valence-electron chi connectivity index (χ0n) is 33.6. The maximum atomic E-state index is 13.7. The van der Waals surface area contributed by atoms with Crippen LogP contribution < -0.4 is 10.1 Å². The van der Waals surface area contributed by atoms with Crippen molar-refractivity contribution >= 4 is 29.1 Å². The molecule has 2 N–H and O–H groups in total. The topological polar surface area (TPSA) is 148 Å². The van der Waals surface area contributed by atoms with E-state index < -0.39 is 18.0 Å². The van der Waals surface area contributed by atoms with Gasteiger partial charge in [0.05, 0.1) is 50.6 Å². The average molecular weight is 785 g/mol. The Labute approximate surface area is 339 Å². The van der Waals surface area contributed by atoms with E-state index in [0.29, 0.717) is 30.8 Å². The Morgan fingerprint density at radius 2 is 1.64 bits per heavy atom. The Bertz CT molecular complexity index is 2200. The van der Waals surface area contributed by atoms with Crippen LogP contribution in [0.5, 0.6) is 5.88 Å². The molecule has 2 unspecified atom stereocenters. The highest BCUT2D eigenvalue weighted by molar-refractivity contribution is 6.02. The second-order valence-corrected chi connectivity index (χ2v) is 16.1. The van der Waals surface area contributed by atoms with Crippen molar-refractivity contribution in [2.45, 2.75) is 70.6 Å². The number of carbonyl (C=O) groups is 3. The summed E-state index contributed by atoms with van der Waals surface area (Å²) in [5.74, 6) is 1.20. The number of hydrogen-bond donors (Lipinski definition) is 2. The first-order valence-corrected chi connectivity index (χ1v) is 20.4. The van der Waals surface area contributed by atoms with Crippen molar-refractivity contribution in [3.63, 3.8) is 0 Å². The fourth-order valence-electron chi connectivity index (χ4n) is 9.80. The molecular weight excluding hydrogens is 733 g/mol. The van der Waals surface area contributed by atoms with Gasteiger partial charge in [0, 0.05) is 62.1 Å². The highest BCUT2D eigenvalue weighted by Crippen LogP contribution is 2.54. The number of ether oxygens (including phenoxy) is 3. The Hall–Kier alpha value is -5.62. The third kappa shape index (κ3) is 7.81. The van der Waals surface area contributed by atoms with Gasteiger partial charge in [-0.1, -0.05) is 54.6 Å². The van der Waals surface area contributed by atoms with E-state index in [2.05, 4.69) is 63.8 Å². The van der Waals surface area contributed by atoms with Crippen molar-refractivity contribution in [2.75, 3.05) is 27.9 Å². The van der Waals surface area contributed by atoms with Gasteiger partial charge in [0.15, 0.2) is 0 Å². The number of aliphatic imine (C=N–C) groups is 1. The number of pyridine rings is 1. The predicted octanol–water partition coefficient (Wildman–Crippen LogP) is 7.19. The molecule has 58 heavy (non-hydrogen) atoms. The molecule has 12 nitrogen and oxygen atoms in total. The van der Waals surface area contributed by atoms with E-state index in [1.807, 2.05) is 29.4 Å². The number of methoxy groups -OCH3 is 3. The number of aromatic nitrogens is 3. The zero-order chi connectivity index (χ0) is 40.3. The zero-order valence-corrected chi connectivity index (χ0v) is 33.6. The summed E-state index contributed by atoms with van der Waals surface area (Å²) < 4.78 is 15.7. The number of nitrogens with zero attached hydrogens (tertiary/aromatic N) is 4. The molecule has 8 rings (SSSR count). The summed E-state index contributed by atoms with van der Waals surface area (Å²) in [7, 11) is 4.48. The van der Waals surface area contributed by atoms with E-state index in [-0.39, 0.29) is 36.1 Å². The molecular formula is C46H52N6O6. The third-order valence-electron chi connectivity index (χ3n) is 13.0. The van der Waals surface area contributed by atoms with Crippen molar-refractivity contribution < 1.29 is 28.6 Å². The molecule has 2 aromatic carbocycles. The lowest BCUT2D eigenvalue weighted by Gasteiger charge is -2.30. The molecule has 0 radical (unpaired) electrons. The first-order chi connectivity index (χ1) is 28.3. The summed E-state index contributed by atoms with van der Waals surface area (Å²) in [6, 6.07) is 20.6. The van der Waals surface area contributed by atoms with Crippen LogP contribution in [-0.4, -0.2) is 77.3 Å². The third-order valence-corrected chi connectivity index (χ3v) is 13.0. The molecule has 4 heterocycles. The van der Waals surface area contributed by atoms with Gasteiger partial charge in [0.25, 0.3) is 0 Å². The van der Waals surface area contributed by atoms with Gasteiger partial charge in [-0.15, -0.1) is 0 Å². The number of aromatic amines is 1. The molecule has 1 saturated heterocycles. The van der Waals surface area contributed by atoms with Gasteiger partial charge >= 0.3 is 5.97 Å². The molecule has 7 atom stereocenters. The smallest absolute Gasteiger partial charge is 0.306 e. The molecule has 2 bridgehead atoms. The second kappa shape index (κ2) is 17.1. The van der Waals surface area contributed by atoms with Gasteiger partial charge in [-0.05, 0) is 84.8 Å². The summed E-state index contributed by atoms with van der Waals surface area (Å²) in [6.45, 7) is 2.80. The minimum Gasteiger partial charge on any atom is -0.481 e. The molecule has 0 spiro atoms. The van der Waals surface area contributed by atoms with Crippen LogP contribution >= 0.6 is 0 Å². The van der Waals surface area contributed by atoms with Crippen LogP contribution in [0.1, 0.15) is 74.9 Å². The maximum Gasteiger partial charge on any atom is 0.306 e. The highest BCUT2D eigenvalue weighted by atomic mass is 16.5. The first-order valence-electron chi connectivity index (χ1n) is 20.4. The van der Waals surface area contributed by atoms with Crippen molar-refractivity contribution in [3.05, 3.63) is 96.2 Å². The molecule has 302 valence electrons. The van der Waals surface area contributed by atoms with Crippen molar-refractivity contribution in [1.82, 2.24) is 25.2 Å². The van der Waals surface area contributed by atoms with Gasteiger partial charge in [-0.3, -0.25) is 19.4 Å². The van der Waals surface area contributed by atoms with Gasteiger partial charge in [0.1, 0.15) is 5.82 Å². The Balaban J connectivity index is 0.888. The molecule has 4 aliphatic rings.